The fraction of sp³-hybridized carbons (Fsp3) is 0.733. The molecule has 0 radical (unpaired) electrons. The Balaban J connectivity index is 1.63. The van der Waals surface area contributed by atoms with Gasteiger partial charge < -0.3 is 15.5 Å². The molecule has 0 aromatic carbocycles. The summed E-state index contributed by atoms with van der Waals surface area (Å²) in [5.74, 6) is 1.85. The van der Waals surface area contributed by atoms with Gasteiger partial charge in [0.15, 0.2) is 0 Å². The molecule has 2 heterocycles. The molecule has 1 saturated heterocycles. The number of hydrogen-bond donors (Lipinski definition) is 2. The topological polar surface area (TPSA) is 53.1 Å². The summed E-state index contributed by atoms with van der Waals surface area (Å²) in [5, 5.41) is 6.85. The second kappa shape index (κ2) is 6.39. The maximum absolute atomic E-state index is 4.69. The summed E-state index contributed by atoms with van der Waals surface area (Å²) in [5.41, 5.74) is 0. The monoisotopic (exact) mass is 275 g/mol. The van der Waals surface area contributed by atoms with Crippen LogP contribution in [0, 0.1) is 0 Å². The number of nitrogens with zero attached hydrogens (tertiary/aromatic N) is 3. The lowest BCUT2D eigenvalue weighted by Gasteiger charge is -2.23. The minimum atomic E-state index is 0.558. The average Bonchev–Trinajstić information content (AvgIpc) is 2.98. The summed E-state index contributed by atoms with van der Waals surface area (Å²) in [6.45, 7) is 2.11. The summed E-state index contributed by atoms with van der Waals surface area (Å²) in [7, 11) is 2.03. The van der Waals surface area contributed by atoms with Gasteiger partial charge in [-0.05, 0) is 32.4 Å². The van der Waals surface area contributed by atoms with Gasteiger partial charge in [0.25, 0.3) is 0 Å². The Labute approximate surface area is 121 Å². The number of likely N-dealkylation sites (N-methyl/N-ethyl adjacent to an activating group) is 1. The highest BCUT2D eigenvalue weighted by molar-refractivity contribution is 5.44. The van der Waals surface area contributed by atoms with Gasteiger partial charge in [-0.2, -0.15) is 4.98 Å². The summed E-state index contributed by atoms with van der Waals surface area (Å²) in [4.78, 5) is 11.4. The molecule has 2 aliphatic rings. The molecule has 2 N–H and O–H groups in total. The van der Waals surface area contributed by atoms with Crippen molar-refractivity contribution in [3.63, 3.8) is 0 Å². The molecule has 1 saturated carbocycles. The van der Waals surface area contributed by atoms with Gasteiger partial charge in [0.2, 0.25) is 5.95 Å². The summed E-state index contributed by atoms with van der Waals surface area (Å²) < 4.78 is 0. The minimum Gasteiger partial charge on any atom is -0.355 e. The molecular weight excluding hydrogens is 250 g/mol. The number of anilines is 2. The molecule has 1 aromatic heterocycles. The molecule has 0 bridgehead atoms. The van der Waals surface area contributed by atoms with Crippen LogP contribution < -0.4 is 15.5 Å². The van der Waals surface area contributed by atoms with E-state index in [1.165, 1.54) is 38.5 Å². The van der Waals surface area contributed by atoms with E-state index in [0.29, 0.717) is 12.1 Å². The van der Waals surface area contributed by atoms with Gasteiger partial charge >= 0.3 is 0 Å². The lowest BCUT2D eigenvalue weighted by Crippen LogP contribution is -2.30. The molecule has 2 fully saturated rings. The van der Waals surface area contributed by atoms with Crippen LogP contribution in [0.4, 0.5) is 11.8 Å². The predicted molar refractivity (Wildman–Crippen MR) is 82.2 cm³/mol. The molecule has 1 aliphatic carbocycles. The predicted octanol–water partition coefficient (Wildman–Crippen LogP) is 2.02. The fourth-order valence-electron chi connectivity index (χ4n) is 3.23. The Bertz CT molecular complexity index is 430. The molecule has 0 amide bonds. The minimum absolute atomic E-state index is 0.558. The lowest BCUT2D eigenvalue weighted by atomic mass is 9.96. The van der Waals surface area contributed by atoms with Gasteiger partial charge in [-0.15, -0.1) is 0 Å². The van der Waals surface area contributed by atoms with Crippen molar-refractivity contribution in [2.75, 3.05) is 30.4 Å². The highest BCUT2D eigenvalue weighted by Gasteiger charge is 2.22. The van der Waals surface area contributed by atoms with Crippen molar-refractivity contribution >= 4 is 11.8 Å². The zero-order valence-corrected chi connectivity index (χ0v) is 12.3. The normalized spacial score (nSPS) is 24.1. The van der Waals surface area contributed by atoms with E-state index in [-0.39, 0.29) is 0 Å². The Hall–Kier alpha value is -1.36. The second-order valence-corrected chi connectivity index (χ2v) is 5.94. The molecule has 110 valence electrons. The van der Waals surface area contributed by atoms with Gasteiger partial charge in [-0.1, -0.05) is 19.3 Å². The standard InChI is InChI=1S/C15H25N5/c1-16-13-8-10-20(11-13)14-7-9-17-15(19-14)18-12-5-3-2-4-6-12/h7,9,12-13,16H,2-6,8,10-11H2,1H3,(H,17,18,19)/t13-/m1/s1. The van der Waals surface area contributed by atoms with Crippen molar-refractivity contribution in [1.82, 2.24) is 15.3 Å². The first kappa shape index (κ1) is 13.6. The average molecular weight is 275 g/mol. The second-order valence-electron chi connectivity index (χ2n) is 5.94. The van der Waals surface area contributed by atoms with Crippen LogP contribution in [-0.2, 0) is 0 Å². The van der Waals surface area contributed by atoms with Crippen LogP contribution in [-0.4, -0.2) is 42.2 Å². The highest BCUT2D eigenvalue weighted by atomic mass is 15.3. The Morgan fingerprint density at radius 3 is 2.75 bits per heavy atom. The Morgan fingerprint density at radius 1 is 1.15 bits per heavy atom. The molecule has 5 heteroatoms. The molecule has 5 nitrogen and oxygen atoms in total. The molecule has 3 rings (SSSR count). The molecule has 0 spiro atoms. The molecule has 20 heavy (non-hydrogen) atoms. The smallest absolute Gasteiger partial charge is 0.224 e. The van der Waals surface area contributed by atoms with Crippen LogP contribution in [0.15, 0.2) is 12.3 Å². The van der Waals surface area contributed by atoms with Crippen LogP contribution in [0.5, 0.6) is 0 Å². The van der Waals surface area contributed by atoms with Crippen molar-refractivity contribution in [2.45, 2.75) is 50.6 Å². The van der Waals surface area contributed by atoms with Gasteiger partial charge in [-0.3, -0.25) is 0 Å². The molecule has 0 unspecified atom stereocenters. The van der Waals surface area contributed by atoms with E-state index in [1.807, 2.05) is 19.3 Å². The number of nitrogens with one attached hydrogen (secondary N) is 2. The molecule has 1 aromatic rings. The zero-order chi connectivity index (χ0) is 13.8. The number of hydrogen-bond acceptors (Lipinski definition) is 5. The van der Waals surface area contributed by atoms with Crippen molar-refractivity contribution in [3.05, 3.63) is 12.3 Å². The van der Waals surface area contributed by atoms with Crippen molar-refractivity contribution in [1.29, 1.82) is 0 Å². The Morgan fingerprint density at radius 2 is 2.00 bits per heavy atom. The van der Waals surface area contributed by atoms with Gasteiger partial charge in [0.1, 0.15) is 5.82 Å². The van der Waals surface area contributed by atoms with Crippen LogP contribution in [0.3, 0.4) is 0 Å². The van der Waals surface area contributed by atoms with E-state index in [4.69, 9.17) is 4.98 Å². The SMILES string of the molecule is CN[C@@H]1CCN(c2ccnc(NC3CCCCC3)n2)C1. The van der Waals surface area contributed by atoms with Crippen LogP contribution in [0.2, 0.25) is 0 Å². The van der Waals surface area contributed by atoms with E-state index >= 15 is 0 Å². The van der Waals surface area contributed by atoms with Gasteiger partial charge in [0, 0.05) is 31.4 Å². The highest BCUT2D eigenvalue weighted by Crippen LogP contribution is 2.22. The van der Waals surface area contributed by atoms with E-state index in [9.17, 15) is 0 Å². The third-order valence-corrected chi connectivity index (χ3v) is 4.50. The van der Waals surface area contributed by atoms with Crippen molar-refractivity contribution < 1.29 is 0 Å². The first-order valence-corrected chi connectivity index (χ1v) is 7.87. The summed E-state index contributed by atoms with van der Waals surface area (Å²) in [6, 6.07) is 3.16. The maximum Gasteiger partial charge on any atom is 0.224 e. The van der Waals surface area contributed by atoms with E-state index in [2.05, 4.69) is 20.5 Å². The third-order valence-electron chi connectivity index (χ3n) is 4.50. The summed E-state index contributed by atoms with van der Waals surface area (Å²) >= 11 is 0. The first-order chi connectivity index (χ1) is 9.85. The van der Waals surface area contributed by atoms with Crippen LogP contribution in [0.1, 0.15) is 38.5 Å². The van der Waals surface area contributed by atoms with E-state index in [0.717, 1.165) is 24.9 Å². The molecule has 1 aliphatic heterocycles. The van der Waals surface area contributed by atoms with Gasteiger partial charge in [-0.25, -0.2) is 4.98 Å². The lowest BCUT2D eigenvalue weighted by molar-refractivity contribution is 0.461. The molecule has 1 atom stereocenters. The van der Waals surface area contributed by atoms with E-state index in [1.54, 1.807) is 0 Å². The quantitative estimate of drug-likeness (QED) is 0.880. The number of aromatic nitrogens is 2. The fourth-order valence-corrected chi connectivity index (χ4v) is 3.23. The summed E-state index contributed by atoms with van der Waals surface area (Å²) in [6.07, 6.45) is 9.59. The third kappa shape index (κ3) is 3.20. The molecular formula is C15H25N5. The van der Waals surface area contributed by atoms with Gasteiger partial charge in [0.05, 0.1) is 0 Å². The largest absolute Gasteiger partial charge is 0.355 e. The van der Waals surface area contributed by atoms with Crippen LogP contribution >= 0.6 is 0 Å². The van der Waals surface area contributed by atoms with E-state index < -0.39 is 0 Å². The van der Waals surface area contributed by atoms with Crippen molar-refractivity contribution in [2.24, 2.45) is 0 Å². The van der Waals surface area contributed by atoms with Crippen molar-refractivity contribution in [3.8, 4) is 0 Å². The maximum atomic E-state index is 4.69. The first-order valence-electron chi connectivity index (χ1n) is 7.87. The zero-order valence-electron chi connectivity index (χ0n) is 12.3. The van der Waals surface area contributed by atoms with Crippen LogP contribution in [0.25, 0.3) is 0 Å². The number of rotatable bonds is 4. The Kier molecular flexibility index (Phi) is 4.35.